The summed E-state index contributed by atoms with van der Waals surface area (Å²) in [5.74, 6) is 0.651. The predicted molar refractivity (Wildman–Crippen MR) is 115 cm³/mol. The highest BCUT2D eigenvalue weighted by atomic mass is 32.1. The van der Waals surface area contributed by atoms with Crippen molar-refractivity contribution in [1.29, 1.82) is 0 Å². The molecule has 3 aromatic carbocycles. The maximum atomic E-state index is 4.77. The van der Waals surface area contributed by atoms with Crippen molar-refractivity contribution < 1.29 is 0 Å². The number of hydrogen-bond donors (Lipinski definition) is 1. The van der Waals surface area contributed by atoms with Gasteiger partial charge >= 0.3 is 0 Å². The Labute approximate surface area is 169 Å². The van der Waals surface area contributed by atoms with Crippen molar-refractivity contribution in [3.8, 4) is 33.3 Å². The molecule has 0 saturated heterocycles. The van der Waals surface area contributed by atoms with E-state index in [9.17, 15) is 0 Å². The summed E-state index contributed by atoms with van der Waals surface area (Å²) in [5, 5.41) is 24.2. The van der Waals surface area contributed by atoms with E-state index in [1.807, 2.05) is 48.5 Å². The number of aromatic nitrogens is 6. The second kappa shape index (κ2) is 6.35. The minimum atomic E-state index is 0.651. The van der Waals surface area contributed by atoms with E-state index < -0.39 is 0 Å². The fraction of sp³-hybridized carbons (Fsp3) is 0. The van der Waals surface area contributed by atoms with Gasteiger partial charge < -0.3 is 0 Å². The summed E-state index contributed by atoms with van der Waals surface area (Å²) in [6.07, 6.45) is 0. The van der Waals surface area contributed by atoms with E-state index in [0.29, 0.717) is 5.82 Å². The van der Waals surface area contributed by atoms with E-state index in [-0.39, 0.29) is 0 Å². The summed E-state index contributed by atoms with van der Waals surface area (Å²) >= 11 is 1.52. The van der Waals surface area contributed by atoms with Crippen LogP contribution in [0.2, 0.25) is 0 Å². The van der Waals surface area contributed by atoms with E-state index in [2.05, 4.69) is 50.7 Å². The molecule has 0 amide bonds. The van der Waals surface area contributed by atoms with Gasteiger partial charge in [0.05, 0.1) is 5.69 Å². The zero-order valence-corrected chi connectivity index (χ0v) is 16.0. The van der Waals surface area contributed by atoms with E-state index in [4.69, 9.17) is 5.10 Å². The van der Waals surface area contributed by atoms with E-state index >= 15 is 0 Å². The Morgan fingerprint density at radius 1 is 0.759 bits per heavy atom. The molecule has 6 nitrogen and oxygen atoms in total. The largest absolute Gasteiger partial charge is 0.274 e. The normalized spacial score (nSPS) is 11.4. The summed E-state index contributed by atoms with van der Waals surface area (Å²) < 4.78 is 1.78. The topological polar surface area (TPSA) is 71.8 Å². The summed E-state index contributed by atoms with van der Waals surface area (Å²) in [4.78, 5) is 0.749. The number of H-pyrrole nitrogens is 1. The monoisotopic (exact) mass is 394 g/mol. The van der Waals surface area contributed by atoms with Crippen molar-refractivity contribution in [2.24, 2.45) is 0 Å². The van der Waals surface area contributed by atoms with Crippen LogP contribution in [0.4, 0.5) is 0 Å². The molecule has 0 fully saturated rings. The van der Waals surface area contributed by atoms with Crippen LogP contribution in [0.25, 0.3) is 49.1 Å². The summed E-state index contributed by atoms with van der Waals surface area (Å²) in [6, 6.07) is 26.7. The molecule has 0 bridgehead atoms. The highest BCUT2D eigenvalue weighted by Gasteiger charge is 2.17. The third-order valence-corrected chi connectivity index (χ3v) is 5.82. The molecule has 0 aliphatic carbocycles. The van der Waals surface area contributed by atoms with Gasteiger partial charge in [-0.25, -0.2) is 0 Å². The summed E-state index contributed by atoms with van der Waals surface area (Å²) in [7, 11) is 0. The van der Waals surface area contributed by atoms with Crippen LogP contribution >= 0.6 is 11.3 Å². The van der Waals surface area contributed by atoms with Gasteiger partial charge in [0.2, 0.25) is 10.8 Å². The van der Waals surface area contributed by atoms with Crippen LogP contribution < -0.4 is 0 Å². The van der Waals surface area contributed by atoms with Gasteiger partial charge in [0.25, 0.3) is 0 Å². The Morgan fingerprint density at radius 2 is 1.59 bits per heavy atom. The molecule has 0 atom stereocenters. The number of fused-ring (bicyclic) bond motifs is 2. The van der Waals surface area contributed by atoms with Crippen LogP contribution in [-0.4, -0.2) is 30.0 Å². The van der Waals surface area contributed by atoms with Gasteiger partial charge in [0, 0.05) is 11.1 Å². The maximum absolute atomic E-state index is 4.77. The first-order valence-electron chi connectivity index (χ1n) is 9.18. The molecular formula is C22H14N6S. The minimum absolute atomic E-state index is 0.651. The van der Waals surface area contributed by atoms with Crippen molar-refractivity contribution in [1.82, 2.24) is 30.0 Å². The van der Waals surface area contributed by atoms with Crippen molar-refractivity contribution in [2.75, 3.05) is 0 Å². The molecule has 0 aliphatic heterocycles. The van der Waals surface area contributed by atoms with Gasteiger partial charge in [-0.2, -0.15) is 14.7 Å². The van der Waals surface area contributed by atoms with Gasteiger partial charge in [0.15, 0.2) is 0 Å². The average molecular weight is 394 g/mol. The molecule has 0 saturated carbocycles. The first-order chi connectivity index (χ1) is 14.3. The number of rotatable bonds is 3. The van der Waals surface area contributed by atoms with Crippen molar-refractivity contribution >= 4 is 27.1 Å². The van der Waals surface area contributed by atoms with Crippen molar-refractivity contribution in [3.63, 3.8) is 0 Å². The Balaban J connectivity index is 1.42. The number of nitrogens with one attached hydrogen (secondary N) is 1. The maximum Gasteiger partial charge on any atom is 0.235 e. The van der Waals surface area contributed by atoms with Crippen LogP contribution in [0.3, 0.4) is 0 Å². The molecule has 3 heterocycles. The Morgan fingerprint density at radius 3 is 2.48 bits per heavy atom. The summed E-state index contributed by atoms with van der Waals surface area (Å²) in [5.41, 5.74) is 3.76. The number of hydrogen-bond acceptors (Lipinski definition) is 5. The SMILES string of the molecule is c1ccc(-c2cc(-c3nnc4sc(-c5ccc6ccccc6c5)nn34)[nH]n2)cc1. The smallest absolute Gasteiger partial charge is 0.235 e. The van der Waals surface area contributed by atoms with Gasteiger partial charge in [-0.15, -0.1) is 10.2 Å². The lowest BCUT2D eigenvalue weighted by Crippen LogP contribution is -1.91. The number of nitrogens with zero attached hydrogens (tertiary/aromatic N) is 5. The quantitative estimate of drug-likeness (QED) is 0.455. The molecule has 6 rings (SSSR count). The number of benzene rings is 3. The van der Waals surface area contributed by atoms with E-state index in [1.165, 1.54) is 22.1 Å². The average Bonchev–Trinajstić information content (AvgIpc) is 3.50. The second-order valence-electron chi connectivity index (χ2n) is 6.72. The standard InChI is InChI=1S/C22H14N6S/c1-2-7-15(8-3-1)18-13-19(24-23-18)20-25-26-22-28(20)27-21(29-22)17-11-10-14-6-4-5-9-16(14)12-17/h1-13H,(H,23,24). The highest BCUT2D eigenvalue weighted by molar-refractivity contribution is 7.19. The molecule has 6 aromatic rings. The minimum Gasteiger partial charge on any atom is -0.274 e. The van der Waals surface area contributed by atoms with Crippen molar-refractivity contribution in [2.45, 2.75) is 0 Å². The lowest BCUT2D eigenvalue weighted by Gasteiger charge is -2.00. The zero-order chi connectivity index (χ0) is 19.2. The molecule has 0 spiro atoms. The van der Waals surface area contributed by atoms with Crippen LogP contribution in [0.15, 0.2) is 78.9 Å². The second-order valence-corrected chi connectivity index (χ2v) is 7.68. The van der Waals surface area contributed by atoms with Crippen molar-refractivity contribution in [3.05, 3.63) is 78.9 Å². The van der Waals surface area contributed by atoms with Gasteiger partial charge in [0.1, 0.15) is 10.7 Å². The van der Waals surface area contributed by atoms with E-state index in [1.54, 1.807) is 4.52 Å². The molecule has 0 unspecified atom stereocenters. The fourth-order valence-electron chi connectivity index (χ4n) is 3.42. The van der Waals surface area contributed by atoms with Crippen LogP contribution in [0.1, 0.15) is 0 Å². The highest BCUT2D eigenvalue weighted by Crippen LogP contribution is 2.30. The molecule has 29 heavy (non-hydrogen) atoms. The molecule has 3 aromatic heterocycles. The van der Waals surface area contributed by atoms with Crippen LogP contribution in [-0.2, 0) is 0 Å². The Kier molecular flexibility index (Phi) is 3.54. The van der Waals surface area contributed by atoms with Gasteiger partial charge in [-0.3, -0.25) is 5.10 Å². The van der Waals surface area contributed by atoms with Crippen LogP contribution in [0.5, 0.6) is 0 Å². The number of aromatic amines is 1. The first-order valence-corrected chi connectivity index (χ1v) is 9.99. The molecule has 7 heteroatoms. The zero-order valence-electron chi connectivity index (χ0n) is 15.1. The predicted octanol–water partition coefficient (Wildman–Crippen LogP) is 5.06. The van der Waals surface area contributed by atoms with E-state index in [0.717, 1.165) is 32.5 Å². The Hall–Kier alpha value is -3.84. The fourth-order valence-corrected chi connectivity index (χ4v) is 4.25. The Bertz CT molecular complexity index is 1460. The van der Waals surface area contributed by atoms with Gasteiger partial charge in [-0.1, -0.05) is 78.1 Å². The van der Waals surface area contributed by atoms with Gasteiger partial charge in [-0.05, 0) is 22.9 Å². The third kappa shape index (κ3) is 2.71. The van der Waals surface area contributed by atoms with Crippen LogP contribution in [0, 0.1) is 0 Å². The molecular weight excluding hydrogens is 380 g/mol. The molecule has 1 N–H and O–H groups in total. The molecule has 0 aliphatic rings. The third-order valence-electron chi connectivity index (χ3n) is 4.88. The lowest BCUT2D eigenvalue weighted by molar-refractivity contribution is 0.955. The summed E-state index contributed by atoms with van der Waals surface area (Å²) in [6.45, 7) is 0. The molecule has 0 radical (unpaired) electrons. The lowest BCUT2D eigenvalue weighted by atomic mass is 10.1. The molecule has 138 valence electrons. The first kappa shape index (κ1) is 16.1.